The van der Waals surface area contributed by atoms with Crippen molar-refractivity contribution in [3.8, 4) is 0 Å². The summed E-state index contributed by atoms with van der Waals surface area (Å²) < 4.78 is 26.9. The van der Waals surface area contributed by atoms with E-state index >= 15 is 0 Å². The third kappa shape index (κ3) is 5.45. The molecule has 0 aromatic heterocycles. The van der Waals surface area contributed by atoms with Gasteiger partial charge >= 0.3 is 0 Å². The van der Waals surface area contributed by atoms with Crippen LogP contribution in [0.15, 0.2) is 30.9 Å². The standard InChI is InChI=1S/C21H29N3O4S/c1-2-20(25)24-13-7-8-17-16-18(9-10-19(17)24)21(26)23-12-6-4-3-5-11-22-29(27,28)15-14-23/h2,9-10,16,22H,1,3-8,11-15H2. The molecule has 0 radical (unpaired) electrons. The second-order valence-corrected chi connectivity index (χ2v) is 9.49. The van der Waals surface area contributed by atoms with Gasteiger partial charge in [0.15, 0.2) is 0 Å². The zero-order chi connectivity index (χ0) is 20.9. The number of anilines is 1. The first kappa shape index (κ1) is 21.5. The van der Waals surface area contributed by atoms with E-state index in [2.05, 4.69) is 11.3 Å². The molecule has 0 atom stereocenters. The maximum atomic E-state index is 13.1. The summed E-state index contributed by atoms with van der Waals surface area (Å²) in [6.45, 7) is 5.38. The van der Waals surface area contributed by atoms with Crippen LogP contribution >= 0.6 is 0 Å². The summed E-state index contributed by atoms with van der Waals surface area (Å²) in [5, 5.41) is 0. The number of hydrogen-bond acceptors (Lipinski definition) is 4. The van der Waals surface area contributed by atoms with Crippen LogP contribution in [0.1, 0.15) is 48.0 Å². The van der Waals surface area contributed by atoms with Gasteiger partial charge in [-0.25, -0.2) is 13.1 Å². The Morgan fingerprint density at radius 3 is 2.62 bits per heavy atom. The lowest BCUT2D eigenvalue weighted by Crippen LogP contribution is -2.39. The molecule has 1 N–H and O–H groups in total. The molecule has 2 amide bonds. The van der Waals surface area contributed by atoms with E-state index in [0.717, 1.165) is 49.8 Å². The van der Waals surface area contributed by atoms with Crippen LogP contribution in [0, 0.1) is 0 Å². The highest BCUT2D eigenvalue weighted by atomic mass is 32.2. The van der Waals surface area contributed by atoms with Crippen LogP contribution in [0.5, 0.6) is 0 Å². The van der Waals surface area contributed by atoms with Crippen molar-refractivity contribution in [3.63, 3.8) is 0 Å². The Morgan fingerprint density at radius 1 is 1.03 bits per heavy atom. The molecule has 2 aliphatic heterocycles. The lowest BCUT2D eigenvalue weighted by molar-refractivity contribution is -0.114. The van der Waals surface area contributed by atoms with Crippen LogP contribution in [0.4, 0.5) is 5.69 Å². The van der Waals surface area contributed by atoms with E-state index in [4.69, 9.17) is 0 Å². The fourth-order valence-corrected chi connectivity index (χ4v) is 4.94. The largest absolute Gasteiger partial charge is 0.338 e. The Labute approximate surface area is 172 Å². The number of carbonyl (C=O) groups excluding carboxylic acids is 2. The molecule has 0 spiro atoms. The highest BCUT2D eigenvalue weighted by Crippen LogP contribution is 2.29. The maximum Gasteiger partial charge on any atom is 0.253 e. The minimum absolute atomic E-state index is 0.0920. The van der Waals surface area contributed by atoms with Crippen molar-refractivity contribution in [2.45, 2.75) is 38.5 Å². The van der Waals surface area contributed by atoms with E-state index in [1.165, 1.54) is 6.08 Å². The monoisotopic (exact) mass is 419 g/mol. The number of nitrogens with one attached hydrogen (secondary N) is 1. The smallest absolute Gasteiger partial charge is 0.253 e. The molecule has 8 heteroatoms. The molecule has 1 aromatic carbocycles. The van der Waals surface area contributed by atoms with E-state index in [1.54, 1.807) is 15.9 Å². The van der Waals surface area contributed by atoms with Crippen molar-refractivity contribution in [2.24, 2.45) is 0 Å². The second kappa shape index (κ2) is 9.54. The number of aryl methyl sites for hydroxylation is 1. The highest BCUT2D eigenvalue weighted by molar-refractivity contribution is 7.89. The van der Waals surface area contributed by atoms with Gasteiger partial charge in [0.05, 0.1) is 5.75 Å². The molecule has 0 aliphatic carbocycles. The molecule has 7 nitrogen and oxygen atoms in total. The van der Waals surface area contributed by atoms with Crippen LogP contribution in [-0.2, 0) is 21.2 Å². The molecule has 1 aromatic rings. The molecule has 158 valence electrons. The number of hydrogen-bond donors (Lipinski definition) is 1. The number of carbonyl (C=O) groups is 2. The zero-order valence-electron chi connectivity index (χ0n) is 16.7. The Hall–Kier alpha value is -2.19. The van der Waals surface area contributed by atoms with Gasteiger partial charge in [-0.1, -0.05) is 19.4 Å². The van der Waals surface area contributed by atoms with Crippen molar-refractivity contribution >= 4 is 27.5 Å². The average Bonchev–Trinajstić information content (AvgIpc) is 2.76. The molecule has 1 saturated heterocycles. The second-order valence-electron chi connectivity index (χ2n) is 7.56. The number of amides is 2. The molecular formula is C21H29N3O4S. The van der Waals surface area contributed by atoms with Gasteiger partial charge in [0, 0.05) is 37.4 Å². The number of nitrogens with zero attached hydrogens (tertiary/aromatic N) is 2. The molecule has 0 saturated carbocycles. The predicted octanol–water partition coefficient (Wildman–Crippen LogP) is 2.09. The van der Waals surface area contributed by atoms with Crippen molar-refractivity contribution in [2.75, 3.05) is 36.8 Å². The van der Waals surface area contributed by atoms with Crippen LogP contribution in [-0.4, -0.2) is 57.1 Å². The SMILES string of the molecule is C=CC(=O)N1CCCc2cc(C(=O)N3CCCCCCNS(=O)(=O)CC3)ccc21. The van der Waals surface area contributed by atoms with Gasteiger partial charge in [-0.3, -0.25) is 9.59 Å². The molecule has 1 fully saturated rings. The summed E-state index contributed by atoms with van der Waals surface area (Å²) in [6.07, 6.45) is 6.52. The van der Waals surface area contributed by atoms with Gasteiger partial charge in [0.25, 0.3) is 5.91 Å². The topological polar surface area (TPSA) is 86.8 Å². The predicted molar refractivity (Wildman–Crippen MR) is 113 cm³/mol. The molecule has 29 heavy (non-hydrogen) atoms. The fourth-order valence-electron chi connectivity index (χ4n) is 3.88. The minimum atomic E-state index is -3.38. The van der Waals surface area contributed by atoms with Crippen LogP contribution in [0.2, 0.25) is 0 Å². The third-order valence-corrected chi connectivity index (χ3v) is 6.84. The van der Waals surface area contributed by atoms with Gasteiger partial charge in [-0.2, -0.15) is 0 Å². The summed E-state index contributed by atoms with van der Waals surface area (Å²) in [4.78, 5) is 28.5. The number of rotatable bonds is 2. The van der Waals surface area contributed by atoms with Gasteiger partial charge in [-0.15, -0.1) is 0 Å². The van der Waals surface area contributed by atoms with E-state index < -0.39 is 10.0 Å². The summed E-state index contributed by atoms with van der Waals surface area (Å²) in [6, 6.07) is 5.39. The summed E-state index contributed by atoms with van der Waals surface area (Å²) in [5.74, 6) is -0.394. The van der Waals surface area contributed by atoms with E-state index in [9.17, 15) is 18.0 Å². The first-order chi connectivity index (χ1) is 13.9. The summed E-state index contributed by atoms with van der Waals surface area (Å²) in [7, 11) is -3.38. The van der Waals surface area contributed by atoms with Gasteiger partial charge in [-0.05, 0) is 55.5 Å². The highest BCUT2D eigenvalue weighted by Gasteiger charge is 2.24. The van der Waals surface area contributed by atoms with Crippen molar-refractivity contribution in [1.29, 1.82) is 0 Å². The third-order valence-electron chi connectivity index (χ3n) is 5.48. The number of sulfonamides is 1. The normalized spacial score (nSPS) is 20.3. The Morgan fingerprint density at radius 2 is 1.83 bits per heavy atom. The van der Waals surface area contributed by atoms with Crippen LogP contribution < -0.4 is 9.62 Å². The molecule has 2 aliphatic rings. The number of benzene rings is 1. The van der Waals surface area contributed by atoms with Gasteiger partial charge in [0.2, 0.25) is 15.9 Å². The van der Waals surface area contributed by atoms with E-state index in [-0.39, 0.29) is 24.1 Å². The zero-order valence-corrected chi connectivity index (χ0v) is 17.5. The lowest BCUT2D eigenvalue weighted by Gasteiger charge is -2.29. The van der Waals surface area contributed by atoms with Crippen LogP contribution in [0.25, 0.3) is 0 Å². The maximum absolute atomic E-state index is 13.1. The molecule has 0 unspecified atom stereocenters. The summed E-state index contributed by atoms with van der Waals surface area (Å²) >= 11 is 0. The van der Waals surface area contributed by atoms with E-state index in [1.807, 2.05) is 12.1 Å². The number of fused-ring (bicyclic) bond motifs is 1. The van der Waals surface area contributed by atoms with Gasteiger partial charge < -0.3 is 9.80 Å². The van der Waals surface area contributed by atoms with Crippen molar-refractivity contribution < 1.29 is 18.0 Å². The minimum Gasteiger partial charge on any atom is -0.338 e. The van der Waals surface area contributed by atoms with Crippen LogP contribution in [0.3, 0.4) is 0 Å². The molecule has 0 bridgehead atoms. The van der Waals surface area contributed by atoms with Crippen molar-refractivity contribution in [3.05, 3.63) is 42.0 Å². The van der Waals surface area contributed by atoms with Gasteiger partial charge in [0.1, 0.15) is 0 Å². The van der Waals surface area contributed by atoms with E-state index in [0.29, 0.717) is 25.2 Å². The van der Waals surface area contributed by atoms with Crippen molar-refractivity contribution in [1.82, 2.24) is 9.62 Å². The fraction of sp³-hybridized carbons (Fsp3) is 0.524. The Bertz CT molecular complexity index is 882. The Balaban J connectivity index is 1.80. The molecular weight excluding hydrogens is 390 g/mol. The average molecular weight is 420 g/mol. The molecule has 3 rings (SSSR count). The first-order valence-electron chi connectivity index (χ1n) is 10.2. The first-order valence-corrected chi connectivity index (χ1v) is 11.9. The molecule has 2 heterocycles. The quantitative estimate of drug-likeness (QED) is 0.744. The lowest BCUT2D eigenvalue weighted by atomic mass is 9.98. The summed E-state index contributed by atoms with van der Waals surface area (Å²) in [5.41, 5.74) is 2.32. The Kier molecular flexibility index (Phi) is 7.08.